The Hall–Kier alpha value is -0.930. The van der Waals surface area contributed by atoms with Crippen LogP contribution in [-0.4, -0.2) is 10.6 Å². The summed E-state index contributed by atoms with van der Waals surface area (Å²) in [5.74, 6) is -0.383. The van der Waals surface area contributed by atoms with Gasteiger partial charge in [-0.25, -0.2) is 4.39 Å². The predicted molar refractivity (Wildman–Crippen MR) is 47.5 cm³/mol. The van der Waals surface area contributed by atoms with E-state index in [0.29, 0.717) is 5.56 Å². The molecule has 1 aliphatic carbocycles. The largest absolute Gasteiger partial charge is 0.386 e. The summed E-state index contributed by atoms with van der Waals surface area (Å²) in [4.78, 5) is 0. The quantitative estimate of drug-likeness (QED) is 0.723. The Bertz CT molecular complexity index is 322. The van der Waals surface area contributed by atoms with Crippen LogP contribution in [0.4, 0.5) is 4.39 Å². The van der Waals surface area contributed by atoms with Gasteiger partial charge in [0.15, 0.2) is 0 Å². The molecule has 3 heteroatoms. The molecule has 1 aliphatic rings. The van der Waals surface area contributed by atoms with Crippen LogP contribution in [0.2, 0.25) is 0 Å². The maximum absolute atomic E-state index is 13.2. The van der Waals surface area contributed by atoms with Crippen LogP contribution in [0.25, 0.3) is 0 Å². The van der Waals surface area contributed by atoms with Gasteiger partial charge in [-0.05, 0) is 18.9 Å². The number of hydrogen-bond donors (Lipinski definition) is 2. The fourth-order valence-electron chi connectivity index (χ4n) is 1.42. The average molecular weight is 181 g/mol. The highest BCUT2D eigenvalue weighted by Crippen LogP contribution is 2.43. The topological polar surface area (TPSA) is 46.2 Å². The third-order valence-corrected chi connectivity index (χ3v) is 2.57. The maximum Gasteiger partial charge on any atom is 0.129 e. The Morgan fingerprint density at radius 1 is 1.38 bits per heavy atom. The van der Waals surface area contributed by atoms with Crippen LogP contribution in [0.1, 0.15) is 24.5 Å². The second-order valence-electron chi connectivity index (χ2n) is 3.66. The molecule has 0 radical (unpaired) electrons. The molecule has 13 heavy (non-hydrogen) atoms. The molecule has 1 aromatic carbocycles. The highest BCUT2D eigenvalue weighted by atomic mass is 19.1. The molecule has 2 rings (SSSR count). The fraction of sp³-hybridized carbons (Fsp3) is 0.400. The van der Waals surface area contributed by atoms with E-state index in [2.05, 4.69) is 0 Å². The van der Waals surface area contributed by atoms with Crippen molar-refractivity contribution in [2.24, 2.45) is 5.73 Å². The number of halogens is 1. The summed E-state index contributed by atoms with van der Waals surface area (Å²) in [6.07, 6.45) is 0.666. The van der Waals surface area contributed by atoms with E-state index in [9.17, 15) is 9.50 Å². The first kappa shape index (κ1) is 8.66. The number of nitrogens with two attached hydrogens (primary N) is 1. The van der Waals surface area contributed by atoms with Gasteiger partial charge in [-0.1, -0.05) is 18.2 Å². The lowest BCUT2D eigenvalue weighted by Gasteiger charge is -2.18. The molecule has 1 unspecified atom stereocenters. The number of hydrogen-bond acceptors (Lipinski definition) is 2. The zero-order chi connectivity index (χ0) is 9.47. The van der Waals surface area contributed by atoms with Gasteiger partial charge in [0.05, 0.1) is 6.10 Å². The zero-order valence-corrected chi connectivity index (χ0v) is 7.20. The Balaban J connectivity index is 2.30. The monoisotopic (exact) mass is 181 g/mol. The van der Waals surface area contributed by atoms with Gasteiger partial charge in [-0.3, -0.25) is 0 Å². The van der Waals surface area contributed by atoms with Gasteiger partial charge < -0.3 is 10.8 Å². The van der Waals surface area contributed by atoms with E-state index >= 15 is 0 Å². The van der Waals surface area contributed by atoms with Gasteiger partial charge >= 0.3 is 0 Å². The van der Waals surface area contributed by atoms with E-state index in [1.54, 1.807) is 18.2 Å². The molecular weight excluding hydrogens is 169 g/mol. The Morgan fingerprint density at radius 3 is 2.54 bits per heavy atom. The highest BCUT2D eigenvalue weighted by Gasteiger charge is 2.46. The van der Waals surface area contributed by atoms with Crippen LogP contribution in [0.3, 0.4) is 0 Å². The van der Waals surface area contributed by atoms with Crippen molar-refractivity contribution in [1.82, 2.24) is 0 Å². The molecule has 0 amide bonds. The molecule has 0 aliphatic heterocycles. The number of aliphatic hydroxyl groups is 1. The van der Waals surface area contributed by atoms with E-state index in [4.69, 9.17) is 5.73 Å². The second kappa shape index (κ2) is 2.79. The summed E-state index contributed by atoms with van der Waals surface area (Å²) in [7, 11) is 0. The molecule has 1 atom stereocenters. The minimum atomic E-state index is -0.867. The molecule has 70 valence electrons. The smallest absolute Gasteiger partial charge is 0.129 e. The van der Waals surface area contributed by atoms with Crippen molar-refractivity contribution < 1.29 is 9.50 Å². The molecule has 0 spiro atoms. The highest BCUT2D eigenvalue weighted by molar-refractivity contribution is 5.25. The Labute approximate surface area is 76.2 Å². The van der Waals surface area contributed by atoms with E-state index < -0.39 is 11.6 Å². The van der Waals surface area contributed by atoms with Crippen molar-refractivity contribution in [3.63, 3.8) is 0 Å². The van der Waals surface area contributed by atoms with Crippen LogP contribution >= 0.6 is 0 Å². The lowest BCUT2D eigenvalue weighted by molar-refractivity contribution is 0.132. The first-order valence-electron chi connectivity index (χ1n) is 4.35. The van der Waals surface area contributed by atoms with Crippen molar-refractivity contribution in [3.8, 4) is 0 Å². The van der Waals surface area contributed by atoms with Gasteiger partial charge in [0.25, 0.3) is 0 Å². The van der Waals surface area contributed by atoms with Crippen molar-refractivity contribution in [3.05, 3.63) is 35.6 Å². The number of benzene rings is 1. The summed E-state index contributed by atoms with van der Waals surface area (Å²) in [5.41, 5.74) is 5.50. The van der Waals surface area contributed by atoms with Gasteiger partial charge in [0.1, 0.15) is 5.82 Å². The summed E-state index contributed by atoms with van der Waals surface area (Å²) < 4.78 is 13.2. The van der Waals surface area contributed by atoms with Gasteiger partial charge in [0.2, 0.25) is 0 Å². The van der Waals surface area contributed by atoms with Crippen LogP contribution in [0, 0.1) is 5.82 Å². The molecule has 0 bridgehead atoms. The minimum absolute atomic E-state index is 0.308. The molecular formula is C10H12FNO. The first-order chi connectivity index (χ1) is 6.13. The molecule has 0 heterocycles. The standard InChI is InChI=1S/C10H12FNO/c11-8-4-2-1-3-7(8)9(13)10(12)5-6-10/h1-4,9,13H,5-6,12H2. The molecule has 1 saturated carbocycles. The zero-order valence-electron chi connectivity index (χ0n) is 7.20. The van der Waals surface area contributed by atoms with E-state index in [1.807, 2.05) is 0 Å². The first-order valence-corrected chi connectivity index (χ1v) is 4.35. The summed E-state index contributed by atoms with van der Waals surface area (Å²) in [6, 6.07) is 6.21. The SMILES string of the molecule is NC1(C(O)c2ccccc2F)CC1. The summed E-state index contributed by atoms with van der Waals surface area (Å²) in [5, 5.41) is 9.74. The van der Waals surface area contributed by atoms with Gasteiger partial charge in [-0.2, -0.15) is 0 Å². The van der Waals surface area contributed by atoms with E-state index in [1.165, 1.54) is 6.07 Å². The predicted octanol–water partition coefficient (Wildman–Crippen LogP) is 1.35. The average Bonchev–Trinajstić information content (AvgIpc) is 2.85. The van der Waals surface area contributed by atoms with Crippen LogP contribution in [-0.2, 0) is 0 Å². The third kappa shape index (κ3) is 1.45. The van der Waals surface area contributed by atoms with E-state index in [-0.39, 0.29) is 5.82 Å². The van der Waals surface area contributed by atoms with Crippen molar-refractivity contribution in [1.29, 1.82) is 0 Å². The number of aliphatic hydroxyl groups excluding tert-OH is 1. The van der Waals surface area contributed by atoms with Crippen molar-refractivity contribution >= 4 is 0 Å². The lowest BCUT2D eigenvalue weighted by atomic mass is 10.0. The third-order valence-electron chi connectivity index (χ3n) is 2.57. The van der Waals surface area contributed by atoms with Crippen molar-refractivity contribution in [2.75, 3.05) is 0 Å². The molecule has 2 nitrogen and oxygen atoms in total. The molecule has 1 aromatic rings. The number of rotatable bonds is 2. The fourth-order valence-corrected chi connectivity index (χ4v) is 1.42. The summed E-state index contributed by atoms with van der Waals surface area (Å²) >= 11 is 0. The minimum Gasteiger partial charge on any atom is -0.386 e. The van der Waals surface area contributed by atoms with Crippen LogP contribution < -0.4 is 5.73 Å². The van der Waals surface area contributed by atoms with E-state index in [0.717, 1.165) is 12.8 Å². The normalized spacial score (nSPS) is 21.2. The van der Waals surface area contributed by atoms with Crippen LogP contribution in [0.15, 0.2) is 24.3 Å². The Morgan fingerprint density at radius 2 is 2.00 bits per heavy atom. The maximum atomic E-state index is 13.2. The molecule has 0 aromatic heterocycles. The van der Waals surface area contributed by atoms with Gasteiger partial charge in [-0.15, -0.1) is 0 Å². The van der Waals surface area contributed by atoms with Crippen LogP contribution in [0.5, 0.6) is 0 Å². The molecule has 0 saturated heterocycles. The second-order valence-corrected chi connectivity index (χ2v) is 3.66. The van der Waals surface area contributed by atoms with Gasteiger partial charge in [0, 0.05) is 11.1 Å². The van der Waals surface area contributed by atoms with Crippen molar-refractivity contribution in [2.45, 2.75) is 24.5 Å². The molecule has 3 N–H and O–H groups in total. The molecule has 1 fully saturated rings. The Kier molecular flexibility index (Phi) is 1.86. The summed E-state index contributed by atoms with van der Waals surface area (Å²) in [6.45, 7) is 0. The lowest BCUT2D eigenvalue weighted by Crippen LogP contribution is -2.30.